The zero-order chi connectivity index (χ0) is 16.5. The first-order valence-electron chi connectivity index (χ1n) is 7.28. The average Bonchev–Trinajstić information content (AvgIpc) is 3.23. The topological polar surface area (TPSA) is 95.2 Å². The Kier molecular flexibility index (Phi) is 3.62. The van der Waals surface area contributed by atoms with Gasteiger partial charge in [-0.05, 0) is 40.3 Å². The minimum atomic E-state index is -0.421. The van der Waals surface area contributed by atoms with Gasteiger partial charge >= 0.3 is 0 Å². The number of aromatic amines is 1. The molecule has 2 aromatic heterocycles. The normalized spacial score (nSPS) is 13.9. The molecule has 3 heterocycles. The van der Waals surface area contributed by atoms with E-state index in [1.165, 1.54) is 0 Å². The molecule has 8 heteroatoms. The molecule has 1 aromatic carbocycles. The first-order chi connectivity index (χ1) is 11.7. The van der Waals surface area contributed by atoms with Crippen molar-refractivity contribution in [2.75, 3.05) is 0 Å². The number of aromatic nitrogens is 2. The highest BCUT2D eigenvalue weighted by atomic mass is 35.5. The fourth-order valence-corrected chi connectivity index (χ4v) is 2.88. The van der Waals surface area contributed by atoms with Crippen molar-refractivity contribution in [1.29, 1.82) is 0 Å². The smallest absolute Gasteiger partial charge is 0.227 e. The van der Waals surface area contributed by atoms with Crippen molar-refractivity contribution >= 4 is 28.3 Å². The van der Waals surface area contributed by atoms with Crippen molar-refractivity contribution in [1.82, 2.24) is 9.97 Å². The van der Waals surface area contributed by atoms with E-state index in [0.717, 1.165) is 16.5 Å². The molecule has 0 saturated carbocycles. The number of hydrogen-bond donors (Lipinski definition) is 1. The molecule has 0 aliphatic carbocycles. The van der Waals surface area contributed by atoms with Crippen LogP contribution in [0.15, 0.2) is 63.3 Å². The van der Waals surface area contributed by atoms with Gasteiger partial charge in [0.25, 0.3) is 0 Å². The molecule has 4 rings (SSSR count). The maximum Gasteiger partial charge on any atom is 0.227 e. The van der Waals surface area contributed by atoms with Gasteiger partial charge in [0.05, 0.1) is 5.69 Å². The maximum atomic E-state index is 12.9. The molecule has 24 heavy (non-hydrogen) atoms. The lowest BCUT2D eigenvalue weighted by molar-refractivity contribution is 0.102. The highest BCUT2D eigenvalue weighted by Gasteiger charge is 2.23. The lowest BCUT2D eigenvalue weighted by Crippen LogP contribution is -2.10. The fraction of sp³-hybridized carbons (Fsp3) is 0.125. The van der Waals surface area contributed by atoms with Gasteiger partial charge < -0.3 is 4.98 Å². The predicted octanol–water partition coefficient (Wildman–Crippen LogP) is 4.15. The number of nitrogens with one attached hydrogen (secondary N) is 1. The van der Waals surface area contributed by atoms with E-state index >= 15 is 0 Å². The Morgan fingerprint density at radius 2 is 2.00 bits per heavy atom. The third-order valence-electron chi connectivity index (χ3n) is 3.79. The lowest BCUT2D eigenvalue weighted by atomic mass is 10.0. The summed E-state index contributed by atoms with van der Waals surface area (Å²) in [5.41, 5.74) is 2.42. The van der Waals surface area contributed by atoms with Crippen LogP contribution in [0.25, 0.3) is 10.9 Å². The van der Waals surface area contributed by atoms with E-state index in [2.05, 4.69) is 30.6 Å². The molecule has 1 N–H and O–H groups in total. The lowest BCUT2D eigenvalue weighted by Gasteiger charge is -2.05. The zero-order valence-electron chi connectivity index (χ0n) is 12.3. The molecule has 0 atom stereocenters. The first-order valence-corrected chi connectivity index (χ1v) is 7.66. The van der Waals surface area contributed by atoms with Gasteiger partial charge in [-0.25, -0.2) is 0 Å². The molecular formula is C16H11ClN6O. The SMILES string of the molecule is O=C(c1ccccn1)c1[nH]c2cc(Cl)ccc2c1CC1N=NN=N1. The molecule has 0 radical (unpaired) electrons. The number of nitrogens with zero attached hydrogens (tertiary/aromatic N) is 5. The second-order valence-electron chi connectivity index (χ2n) is 5.31. The Morgan fingerprint density at radius 1 is 1.17 bits per heavy atom. The van der Waals surface area contributed by atoms with Gasteiger partial charge in [0, 0.05) is 28.5 Å². The number of benzene rings is 1. The average molecular weight is 339 g/mol. The van der Waals surface area contributed by atoms with E-state index in [0.29, 0.717) is 22.8 Å². The highest BCUT2D eigenvalue weighted by Crippen LogP contribution is 2.29. The number of carbonyl (C=O) groups is 1. The van der Waals surface area contributed by atoms with E-state index in [9.17, 15) is 4.79 Å². The van der Waals surface area contributed by atoms with E-state index in [1.54, 1.807) is 36.5 Å². The van der Waals surface area contributed by atoms with Gasteiger partial charge in [0.15, 0.2) is 6.17 Å². The summed E-state index contributed by atoms with van der Waals surface area (Å²) in [6.45, 7) is 0. The second-order valence-corrected chi connectivity index (χ2v) is 5.74. The highest BCUT2D eigenvalue weighted by molar-refractivity contribution is 6.31. The summed E-state index contributed by atoms with van der Waals surface area (Å²) in [5.74, 6) is -0.190. The minimum Gasteiger partial charge on any atom is -0.351 e. The van der Waals surface area contributed by atoms with Crippen LogP contribution in [0.3, 0.4) is 0 Å². The maximum absolute atomic E-state index is 12.9. The van der Waals surface area contributed by atoms with Crippen molar-refractivity contribution in [2.45, 2.75) is 12.6 Å². The van der Waals surface area contributed by atoms with Crippen molar-refractivity contribution in [3.63, 3.8) is 0 Å². The van der Waals surface area contributed by atoms with Crippen LogP contribution in [0.1, 0.15) is 21.7 Å². The van der Waals surface area contributed by atoms with Crippen molar-refractivity contribution in [3.05, 3.63) is 64.6 Å². The number of hydrogen-bond acceptors (Lipinski definition) is 6. The van der Waals surface area contributed by atoms with E-state index in [4.69, 9.17) is 11.6 Å². The number of H-pyrrole nitrogens is 1. The van der Waals surface area contributed by atoms with E-state index in [1.807, 2.05) is 6.07 Å². The standard InChI is InChI=1S/C16H11ClN6O/c17-9-4-5-10-11(8-14-20-22-23-21-14)15(19-13(10)7-9)16(24)12-3-1-2-6-18-12/h1-7,14,19H,8H2. The molecule has 1 aliphatic rings. The fourth-order valence-electron chi connectivity index (χ4n) is 2.71. The summed E-state index contributed by atoms with van der Waals surface area (Å²) in [6.07, 6.45) is 1.59. The summed E-state index contributed by atoms with van der Waals surface area (Å²) in [5, 5.41) is 16.4. The molecule has 7 nitrogen and oxygen atoms in total. The van der Waals surface area contributed by atoms with Crippen LogP contribution in [0.5, 0.6) is 0 Å². The number of rotatable bonds is 4. The Morgan fingerprint density at radius 3 is 2.75 bits per heavy atom. The summed E-state index contributed by atoms with van der Waals surface area (Å²) in [4.78, 5) is 20.2. The number of halogens is 1. The third-order valence-corrected chi connectivity index (χ3v) is 4.02. The van der Waals surface area contributed by atoms with Crippen LogP contribution in [0.2, 0.25) is 5.02 Å². The van der Waals surface area contributed by atoms with Crippen LogP contribution >= 0.6 is 11.6 Å². The van der Waals surface area contributed by atoms with Crippen molar-refractivity contribution in [2.24, 2.45) is 20.7 Å². The van der Waals surface area contributed by atoms with Crippen LogP contribution < -0.4 is 0 Å². The van der Waals surface area contributed by atoms with Gasteiger partial charge in [0.1, 0.15) is 5.69 Å². The molecule has 0 saturated heterocycles. The minimum absolute atomic E-state index is 0.190. The summed E-state index contributed by atoms with van der Waals surface area (Å²) < 4.78 is 0. The van der Waals surface area contributed by atoms with Gasteiger partial charge in [-0.1, -0.05) is 23.7 Å². The predicted molar refractivity (Wildman–Crippen MR) is 88.2 cm³/mol. The second kappa shape index (κ2) is 5.93. The van der Waals surface area contributed by atoms with Crippen molar-refractivity contribution < 1.29 is 4.79 Å². The van der Waals surface area contributed by atoms with Crippen LogP contribution in [0, 0.1) is 0 Å². The Balaban J connectivity index is 1.85. The number of pyridine rings is 1. The number of ketones is 1. The Hall–Kier alpha value is -2.93. The molecule has 0 bridgehead atoms. The summed E-state index contributed by atoms with van der Waals surface area (Å²) >= 11 is 6.06. The zero-order valence-corrected chi connectivity index (χ0v) is 13.1. The molecule has 0 unspecified atom stereocenters. The van der Waals surface area contributed by atoms with Gasteiger partial charge in [-0.3, -0.25) is 9.78 Å². The molecule has 0 spiro atoms. The number of fused-ring (bicyclic) bond motifs is 1. The Labute approximate surface area is 141 Å². The number of carbonyl (C=O) groups excluding carboxylic acids is 1. The van der Waals surface area contributed by atoms with Crippen LogP contribution in [-0.4, -0.2) is 21.9 Å². The van der Waals surface area contributed by atoms with E-state index < -0.39 is 6.17 Å². The van der Waals surface area contributed by atoms with E-state index in [-0.39, 0.29) is 5.78 Å². The third kappa shape index (κ3) is 2.59. The molecular weight excluding hydrogens is 328 g/mol. The van der Waals surface area contributed by atoms with Gasteiger partial charge in [-0.15, -0.1) is 10.2 Å². The summed E-state index contributed by atoms with van der Waals surface area (Å²) in [6, 6.07) is 10.7. The summed E-state index contributed by atoms with van der Waals surface area (Å²) in [7, 11) is 0. The molecule has 1 aliphatic heterocycles. The van der Waals surface area contributed by atoms with Gasteiger partial charge in [-0.2, -0.15) is 0 Å². The molecule has 118 valence electrons. The van der Waals surface area contributed by atoms with Crippen LogP contribution in [0.4, 0.5) is 0 Å². The molecule has 3 aromatic rings. The monoisotopic (exact) mass is 338 g/mol. The quantitative estimate of drug-likeness (QED) is 0.723. The molecule has 0 fully saturated rings. The first kappa shape index (κ1) is 14.6. The van der Waals surface area contributed by atoms with Gasteiger partial charge in [0.2, 0.25) is 5.78 Å². The molecule has 0 amide bonds. The largest absolute Gasteiger partial charge is 0.351 e. The Bertz CT molecular complexity index is 967. The van der Waals surface area contributed by atoms with Crippen LogP contribution in [-0.2, 0) is 6.42 Å². The van der Waals surface area contributed by atoms with Crippen molar-refractivity contribution in [3.8, 4) is 0 Å².